The van der Waals surface area contributed by atoms with Gasteiger partial charge in [-0.3, -0.25) is 0 Å². The molecule has 0 saturated carbocycles. The van der Waals surface area contributed by atoms with Crippen LogP contribution in [0.25, 0.3) is 0 Å². The number of aryl methyl sites for hydroxylation is 2. The van der Waals surface area contributed by atoms with E-state index in [9.17, 15) is 0 Å². The van der Waals surface area contributed by atoms with Gasteiger partial charge in [0.2, 0.25) is 5.16 Å². The first kappa shape index (κ1) is 18.7. The highest BCUT2D eigenvalue weighted by molar-refractivity contribution is 7.98. The summed E-state index contributed by atoms with van der Waals surface area (Å²) >= 11 is 7.58. The second-order valence-electron chi connectivity index (χ2n) is 5.98. The van der Waals surface area contributed by atoms with Crippen LogP contribution in [0.1, 0.15) is 35.9 Å². The summed E-state index contributed by atoms with van der Waals surface area (Å²) in [6.45, 7) is 4.21. The van der Waals surface area contributed by atoms with Gasteiger partial charge in [0.15, 0.2) is 5.82 Å². The number of aromatic nitrogens is 3. The Balaban J connectivity index is 1.81. The zero-order chi connectivity index (χ0) is 18.4. The molecule has 0 unspecified atom stereocenters. The Morgan fingerprint density at radius 3 is 2.62 bits per heavy atom. The van der Waals surface area contributed by atoms with Gasteiger partial charge >= 0.3 is 0 Å². The zero-order valence-corrected chi connectivity index (χ0v) is 16.5. The summed E-state index contributed by atoms with van der Waals surface area (Å²) in [6.07, 6.45) is 3.73. The van der Waals surface area contributed by atoms with Gasteiger partial charge in [-0.25, -0.2) is 0 Å². The molecular formula is C20H21ClN4S. The molecular weight excluding hydrogens is 364 g/mol. The largest absolute Gasteiger partial charge is 0.212 e. The summed E-state index contributed by atoms with van der Waals surface area (Å²) in [4.78, 5) is 0. The van der Waals surface area contributed by atoms with Gasteiger partial charge in [0.1, 0.15) is 0 Å². The number of nitrogens with zero attached hydrogens (tertiary/aromatic N) is 4. The van der Waals surface area contributed by atoms with Crippen molar-refractivity contribution in [3.8, 4) is 0 Å². The Labute approximate surface area is 163 Å². The lowest BCUT2D eigenvalue weighted by Crippen LogP contribution is -2.01. The summed E-state index contributed by atoms with van der Waals surface area (Å²) in [5, 5.41) is 14.9. The van der Waals surface area contributed by atoms with Crippen molar-refractivity contribution in [1.29, 1.82) is 0 Å². The quantitative estimate of drug-likeness (QED) is 0.406. The van der Waals surface area contributed by atoms with Crippen molar-refractivity contribution in [3.63, 3.8) is 0 Å². The minimum Gasteiger partial charge on any atom is -0.191 e. The van der Waals surface area contributed by atoms with Crippen LogP contribution < -0.4 is 0 Å². The third kappa shape index (κ3) is 4.74. The highest BCUT2D eigenvalue weighted by atomic mass is 35.5. The van der Waals surface area contributed by atoms with Crippen LogP contribution in [0.3, 0.4) is 0 Å². The first-order valence-corrected chi connectivity index (χ1v) is 9.95. The second kappa shape index (κ2) is 9.01. The van der Waals surface area contributed by atoms with Gasteiger partial charge in [0.25, 0.3) is 0 Å². The standard InChI is InChI=1S/C20H21ClN4S/c1-3-6-19-23-24-20(26-14-16-9-11-18(21)12-10-16)25(19)22-13-17-8-5-4-7-15(17)2/h4-5,7-13H,3,6,14H2,1-2H3/b22-13+. The lowest BCUT2D eigenvalue weighted by molar-refractivity contribution is 0.700. The number of benzene rings is 2. The molecule has 1 aromatic heterocycles. The van der Waals surface area contributed by atoms with Crippen molar-refractivity contribution in [2.75, 3.05) is 0 Å². The number of hydrogen-bond donors (Lipinski definition) is 0. The molecule has 0 bridgehead atoms. The summed E-state index contributed by atoms with van der Waals surface area (Å²) < 4.78 is 1.86. The lowest BCUT2D eigenvalue weighted by atomic mass is 10.1. The van der Waals surface area contributed by atoms with E-state index in [4.69, 9.17) is 11.6 Å². The lowest BCUT2D eigenvalue weighted by Gasteiger charge is -2.05. The molecule has 0 aliphatic rings. The molecule has 0 atom stereocenters. The first-order valence-electron chi connectivity index (χ1n) is 8.59. The van der Waals surface area contributed by atoms with Crippen LogP contribution in [0, 0.1) is 6.92 Å². The van der Waals surface area contributed by atoms with Crippen molar-refractivity contribution in [2.24, 2.45) is 5.10 Å². The average molecular weight is 385 g/mol. The molecule has 0 saturated heterocycles. The van der Waals surface area contributed by atoms with E-state index in [2.05, 4.69) is 41.3 Å². The minimum absolute atomic E-state index is 0.745. The van der Waals surface area contributed by atoms with Gasteiger partial charge in [0.05, 0.1) is 6.21 Å². The van der Waals surface area contributed by atoms with E-state index < -0.39 is 0 Å². The van der Waals surface area contributed by atoms with Crippen LogP contribution in [0.2, 0.25) is 5.02 Å². The molecule has 0 radical (unpaired) electrons. The third-order valence-electron chi connectivity index (χ3n) is 3.93. The normalized spacial score (nSPS) is 11.3. The Bertz CT molecular complexity index is 887. The maximum absolute atomic E-state index is 5.95. The Morgan fingerprint density at radius 1 is 1.12 bits per heavy atom. The highest BCUT2D eigenvalue weighted by Gasteiger charge is 2.11. The maximum atomic E-state index is 5.95. The summed E-state index contributed by atoms with van der Waals surface area (Å²) in [5.41, 5.74) is 3.47. The van der Waals surface area contributed by atoms with Gasteiger partial charge < -0.3 is 0 Å². The number of halogens is 1. The van der Waals surface area contributed by atoms with E-state index in [-0.39, 0.29) is 0 Å². The highest BCUT2D eigenvalue weighted by Crippen LogP contribution is 2.23. The predicted octanol–water partition coefficient (Wildman–Crippen LogP) is 5.37. The van der Waals surface area contributed by atoms with Crippen molar-refractivity contribution in [3.05, 3.63) is 76.1 Å². The zero-order valence-electron chi connectivity index (χ0n) is 14.9. The summed E-state index contributed by atoms with van der Waals surface area (Å²) in [5.74, 6) is 1.68. The fraction of sp³-hybridized carbons (Fsp3) is 0.250. The number of hydrogen-bond acceptors (Lipinski definition) is 4. The smallest absolute Gasteiger partial charge is 0.191 e. The average Bonchev–Trinajstić information content (AvgIpc) is 3.03. The molecule has 4 nitrogen and oxygen atoms in total. The molecule has 0 aliphatic heterocycles. The van der Waals surface area contributed by atoms with Gasteiger partial charge in [0, 0.05) is 17.2 Å². The van der Waals surface area contributed by atoms with E-state index in [0.717, 1.165) is 40.2 Å². The topological polar surface area (TPSA) is 43.1 Å². The first-order chi connectivity index (χ1) is 12.7. The van der Waals surface area contributed by atoms with E-state index in [1.54, 1.807) is 11.8 Å². The van der Waals surface area contributed by atoms with E-state index in [0.29, 0.717) is 0 Å². The van der Waals surface area contributed by atoms with Gasteiger partial charge in [-0.1, -0.05) is 66.7 Å². The molecule has 0 aliphatic carbocycles. The molecule has 0 N–H and O–H groups in total. The van der Waals surface area contributed by atoms with Gasteiger partial charge in [-0.2, -0.15) is 9.78 Å². The Hall–Kier alpha value is -2.11. The van der Waals surface area contributed by atoms with Crippen LogP contribution in [0.5, 0.6) is 0 Å². The van der Waals surface area contributed by atoms with Crippen molar-refractivity contribution in [2.45, 2.75) is 37.6 Å². The molecule has 134 valence electrons. The van der Waals surface area contributed by atoms with E-state index >= 15 is 0 Å². The molecule has 2 aromatic carbocycles. The molecule has 0 fully saturated rings. The van der Waals surface area contributed by atoms with Gasteiger partial charge in [-0.05, 0) is 42.2 Å². The SMILES string of the molecule is CCCc1nnc(SCc2ccc(Cl)cc2)n1/N=C/c1ccccc1C. The van der Waals surface area contributed by atoms with Crippen LogP contribution in [-0.2, 0) is 12.2 Å². The minimum atomic E-state index is 0.745. The molecule has 3 rings (SSSR count). The fourth-order valence-corrected chi connectivity index (χ4v) is 3.45. The molecule has 1 heterocycles. The number of thioether (sulfide) groups is 1. The van der Waals surface area contributed by atoms with Crippen molar-refractivity contribution >= 4 is 29.6 Å². The molecule has 26 heavy (non-hydrogen) atoms. The Morgan fingerprint density at radius 2 is 1.88 bits per heavy atom. The summed E-state index contributed by atoms with van der Waals surface area (Å²) in [6, 6.07) is 16.0. The third-order valence-corrected chi connectivity index (χ3v) is 5.17. The van der Waals surface area contributed by atoms with Crippen molar-refractivity contribution in [1.82, 2.24) is 14.9 Å². The molecule has 0 spiro atoms. The van der Waals surface area contributed by atoms with Gasteiger partial charge in [-0.15, -0.1) is 10.2 Å². The van der Waals surface area contributed by atoms with E-state index in [1.165, 1.54) is 11.1 Å². The van der Waals surface area contributed by atoms with Crippen LogP contribution in [-0.4, -0.2) is 21.1 Å². The summed E-state index contributed by atoms with van der Waals surface area (Å²) in [7, 11) is 0. The monoisotopic (exact) mass is 384 g/mol. The molecule has 3 aromatic rings. The second-order valence-corrected chi connectivity index (χ2v) is 7.36. The predicted molar refractivity (Wildman–Crippen MR) is 109 cm³/mol. The van der Waals surface area contributed by atoms with Crippen LogP contribution >= 0.6 is 23.4 Å². The Kier molecular flexibility index (Phi) is 6.47. The fourth-order valence-electron chi connectivity index (χ4n) is 2.46. The molecule has 6 heteroatoms. The van der Waals surface area contributed by atoms with Crippen LogP contribution in [0.15, 0.2) is 58.8 Å². The number of rotatable bonds is 7. The van der Waals surface area contributed by atoms with Crippen LogP contribution in [0.4, 0.5) is 0 Å². The van der Waals surface area contributed by atoms with Crippen molar-refractivity contribution < 1.29 is 0 Å². The van der Waals surface area contributed by atoms with E-state index in [1.807, 2.05) is 47.3 Å². The molecule has 0 amide bonds. The maximum Gasteiger partial charge on any atom is 0.212 e.